The van der Waals surface area contributed by atoms with Crippen LogP contribution < -0.4 is 10.6 Å². The monoisotopic (exact) mass is 378 g/mol. The van der Waals surface area contributed by atoms with E-state index in [4.69, 9.17) is 5.73 Å². The number of hydrogen-bond donors (Lipinski definition) is 1. The Morgan fingerprint density at radius 3 is 2.12 bits per heavy atom. The van der Waals surface area contributed by atoms with E-state index in [2.05, 4.69) is 5.10 Å². The van der Waals surface area contributed by atoms with E-state index < -0.39 is 35.1 Å². The van der Waals surface area contributed by atoms with E-state index in [0.717, 1.165) is 28.9 Å². The molecule has 2 heterocycles. The molecule has 0 unspecified atom stereocenters. The van der Waals surface area contributed by atoms with E-state index >= 15 is 0 Å². The SMILES string of the molecule is NC(=O)c1c(C(F)(F)F)nn2c1N(c1ccc(C(F)(F)F)cc1)CCC2. The lowest BCUT2D eigenvalue weighted by molar-refractivity contribution is -0.141. The molecule has 11 heteroatoms. The Labute approximate surface area is 143 Å². The molecule has 2 N–H and O–H groups in total. The summed E-state index contributed by atoms with van der Waals surface area (Å²) in [6.45, 7) is 0.331. The zero-order valence-corrected chi connectivity index (χ0v) is 13.0. The molecule has 26 heavy (non-hydrogen) atoms. The molecule has 0 bridgehead atoms. The molecular weight excluding hydrogens is 366 g/mol. The maximum atomic E-state index is 13.2. The number of amides is 1. The molecule has 5 nitrogen and oxygen atoms in total. The Balaban J connectivity index is 2.12. The first-order valence-electron chi connectivity index (χ1n) is 7.42. The molecule has 0 radical (unpaired) electrons. The summed E-state index contributed by atoms with van der Waals surface area (Å²) >= 11 is 0. The Morgan fingerprint density at radius 1 is 1.00 bits per heavy atom. The van der Waals surface area contributed by atoms with E-state index in [1.807, 2.05) is 0 Å². The third-order valence-electron chi connectivity index (χ3n) is 3.95. The van der Waals surface area contributed by atoms with Crippen LogP contribution in [0.15, 0.2) is 24.3 Å². The molecule has 140 valence electrons. The van der Waals surface area contributed by atoms with Crippen molar-refractivity contribution in [3.63, 3.8) is 0 Å². The van der Waals surface area contributed by atoms with Gasteiger partial charge in [-0.2, -0.15) is 31.4 Å². The fourth-order valence-corrected chi connectivity index (χ4v) is 2.87. The van der Waals surface area contributed by atoms with Crippen molar-refractivity contribution < 1.29 is 31.1 Å². The van der Waals surface area contributed by atoms with Crippen LogP contribution >= 0.6 is 0 Å². The summed E-state index contributed by atoms with van der Waals surface area (Å²) in [5.41, 5.74) is 2.25. The molecule has 2 aromatic rings. The Morgan fingerprint density at radius 2 is 1.62 bits per heavy atom. The number of benzene rings is 1. The van der Waals surface area contributed by atoms with Gasteiger partial charge in [0.05, 0.1) is 5.56 Å². The zero-order chi connectivity index (χ0) is 19.3. The number of anilines is 2. The number of carbonyl (C=O) groups excluding carboxylic acids is 1. The van der Waals surface area contributed by atoms with Crippen LogP contribution in [-0.2, 0) is 18.9 Å². The first-order valence-corrected chi connectivity index (χ1v) is 7.42. The molecular formula is C15H12F6N4O. The van der Waals surface area contributed by atoms with Gasteiger partial charge in [0.1, 0.15) is 11.4 Å². The summed E-state index contributed by atoms with van der Waals surface area (Å²) in [4.78, 5) is 13.0. The molecule has 0 saturated heterocycles. The van der Waals surface area contributed by atoms with E-state index in [9.17, 15) is 31.1 Å². The minimum Gasteiger partial charge on any atom is -0.365 e. The van der Waals surface area contributed by atoms with Gasteiger partial charge < -0.3 is 10.6 Å². The van der Waals surface area contributed by atoms with Gasteiger partial charge in [-0.3, -0.25) is 4.79 Å². The minimum atomic E-state index is -4.89. The van der Waals surface area contributed by atoms with Crippen LogP contribution in [0, 0.1) is 0 Å². The number of fused-ring (bicyclic) bond motifs is 1. The molecule has 1 aromatic carbocycles. The maximum absolute atomic E-state index is 13.2. The van der Waals surface area contributed by atoms with E-state index in [1.165, 1.54) is 4.90 Å². The molecule has 1 aromatic heterocycles. The number of halogens is 6. The van der Waals surface area contributed by atoms with E-state index in [0.29, 0.717) is 6.42 Å². The number of nitrogens with zero attached hydrogens (tertiary/aromatic N) is 3. The van der Waals surface area contributed by atoms with Crippen molar-refractivity contribution in [3.8, 4) is 0 Å². The average Bonchev–Trinajstić information content (AvgIpc) is 2.94. The highest BCUT2D eigenvalue weighted by Crippen LogP contribution is 2.40. The number of alkyl halides is 6. The highest BCUT2D eigenvalue weighted by molar-refractivity contribution is 6.00. The van der Waals surface area contributed by atoms with Gasteiger partial charge in [0.2, 0.25) is 0 Å². The van der Waals surface area contributed by atoms with Crippen LogP contribution in [0.4, 0.5) is 37.8 Å². The van der Waals surface area contributed by atoms with E-state index in [1.54, 1.807) is 0 Å². The van der Waals surface area contributed by atoms with Gasteiger partial charge in [-0.15, -0.1) is 0 Å². The van der Waals surface area contributed by atoms with Gasteiger partial charge in [0.15, 0.2) is 5.69 Å². The lowest BCUT2D eigenvalue weighted by Gasteiger charge is -2.30. The van der Waals surface area contributed by atoms with Crippen molar-refractivity contribution in [3.05, 3.63) is 41.1 Å². The molecule has 1 aliphatic heterocycles. The standard InChI is InChI=1S/C15H12F6N4O/c16-14(17,18)8-2-4-9(5-3-8)24-6-1-7-25-13(24)10(12(22)26)11(23-25)15(19,20)21/h2-5H,1,6-7H2,(H2,22,26). The third kappa shape index (κ3) is 3.08. The fourth-order valence-electron chi connectivity index (χ4n) is 2.87. The number of aryl methyl sites for hydroxylation is 1. The first kappa shape index (κ1) is 18.1. The van der Waals surface area contributed by atoms with Gasteiger partial charge in [0, 0.05) is 18.8 Å². The van der Waals surface area contributed by atoms with Crippen molar-refractivity contribution in [2.45, 2.75) is 25.3 Å². The number of primary amides is 1. The largest absolute Gasteiger partial charge is 0.436 e. The second-order valence-corrected chi connectivity index (χ2v) is 5.68. The Bertz CT molecular complexity index is 838. The fraction of sp³-hybridized carbons (Fsp3) is 0.333. The third-order valence-corrected chi connectivity index (χ3v) is 3.95. The number of carbonyl (C=O) groups is 1. The van der Waals surface area contributed by atoms with Crippen LogP contribution in [0.3, 0.4) is 0 Å². The van der Waals surface area contributed by atoms with Gasteiger partial charge in [-0.25, -0.2) is 4.68 Å². The summed E-state index contributed by atoms with van der Waals surface area (Å²) in [5, 5.41) is 3.44. The molecule has 0 aliphatic carbocycles. The van der Waals surface area contributed by atoms with Crippen LogP contribution in [0.2, 0.25) is 0 Å². The highest BCUT2D eigenvalue weighted by atomic mass is 19.4. The predicted molar refractivity (Wildman–Crippen MR) is 78.8 cm³/mol. The summed E-state index contributed by atoms with van der Waals surface area (Å²) in [5.74, 6) is -1.48. The van der Waals surface area contributed by atoms with Crippen LogP contribution in [0.25, 0.3) is 0 Å². The van der Waals surface area contributed by atoms with Crippen molar-refractivity contribution >= 4 is 17.4 Å². The van der Waals surface area contributed by atoms with Crippen molar-refractivity contribution in [1.82, 2.24) is 9.78 Å². The molecule has 1 amide bonds. The molecule has 0 saturated carbocycles. The minimum absolute atomic E-state index is 0.128. The Hall–Kier alpha value is -2.72. The van der Waals surface area contributed by atoms with Gasteiger partial charge >= 0.3 is 12.4 Å². The number of aromatic nitrogens is 2. The number of rotatable bonds is 2. The van der Waals surface area contributed by atoms with Crippen LogP contribution in [-0.4, -0.2) is 22.2 Å². The normalized spacial score (nSPS) is 15.1. The summed E-state index contributed by atoms with van der Waals surface area (Å²) < 4.78 is 78.6. The smallest absolute Gasteiger partial charge is 0.365 e. The second-order valence-electron chi connectivity index (χ2n) is 5.68. The summed E-state index contributed by atoms with van der Waals surface area (Å²) in [7, 11) is 0. The lowest BCUT2D eigenvalue weighted by atomic mass is 10.1. The summed E-state index contributed by atoms with van der Waals surface area (Å²) in [6, 6.07) is 3.89. The number of nitrogens with two attached hydrogens (primary N) is 1. The number of hydrogen-bond acceptors (Lipinski definition) is 3. The first-order chi connectivity index (χ1) is 12.0. The summed E-state index contributed by atoms with van der Waals surface area (Å²) in [6.07, 6.45) is -9.03. The molecule has 0 atom stereocenters. The molecule has 1 aliphatic rings. The van der Waals surface area contributed by atoms with Gasteiger partial charge in [0.25, 0.3) is 5.91 Å². The maximum Gasteiger partial charge on any atom is 0.436 e. The molecule has 3 rings (SSSR count). The highest BCUT2D eigenvalue weighted by Gasteiger charge is 2.43. The van der Waals surface area contributed by atoms with Crippen LogP contribution in [0.5, 0.6) is 0 Å². The van der Waals surface area contributed by atoms with Crippen molar-refractivity contribution in [2.24, 2.45) is 5.73 Å². The van der Waals surface area contributed by atoms with Crippen molar-refractivity contribution in [1.29, 1.82) is 0 Å². The van der Waals surface area contributed by atoms with Gasteiger partial charge in [-0.1, -0.05) is 0 Å². The second kappa shape index (κ2) is 5.92. The quantitative estimate of drug-likeness (QED) is 0.813. The Kier molecular flexibility index (Phi) is 4.12. The lowest BCUT2D eigenvalue weighted by Crippen LogP contribution is -2.30. The van der Waals surface area contributed by atoms with Gasteiger partial charge in [-0.05, 0) is 30.7 Å². The van der Waals surface area contributed by atoms with Crippen LogP contribution in [0.1, 0.15) is 28.0 Å². The van der Waals surface area contributed by atoms with E-state index in [-0.39, 0.29) is 24.6 Å². The topological polar surface area (TPSA) is 64.2 Å². The van der Waals surface area contributed by atoms with Crippen molar-refractivity contribution in [2.75, 3.05) is 11.4 Å². The molecule has 0 fully saturated rings. The molecule has 0 spiro atoms. The zero-order valence-electron chi connectivity index (χ0n) is 13.0. The predicted octanol–water partition coefficient (Wildman–Crippen LogP) is 3.56. The average molecular weight is 378 g/mol.